The van der Waals surface area contributed by atoms with Gasteiger partial charge in [-0.3, -0.25) is 14.6 Å². The SMILES string of the molecule is Cc1ccc2sc(N(CCN3CCOCC3)C(=O)c3ccc(F)cc3)nc2c1C.Cl. The lowest BCUT2D eigenvalue weighted by Gasteiger charge is -2.29. The van der Waals surface area contributed by atoms with E-state index in [9.17, 15) is 9.18 Å². The summed E-state index contributed by atoms with van der Waals surface area (Å²) in [7, 11) is 0. The van der Waals surface area contributed by atoms with Crippen LogP contribution in [0.15, 0.2) is 36.4 Å². The highest BCUT2D eigenvalue weighted by atomic mass is 35.5. The Hall–Kier alpha value is -2.06. The van der Waals surface area contributed by atoms with Crippen molar-refractivity contribution < 1.29 is 13.9 Å². The van der Waals surface area contributed by atoms with Gasteiger partial charge in [0, 0.05) is 31.7 Å². The molecule has 4 rings (SSSR count). The number of hydrogen-bond acceptors (Lipinski definition) is 5. The number of rotatable bonds is 5. The molecule has 0 bridgehead atoms. The Labute approximate surface area is 185 Å². The summed E-state index contributed by atoms with van der Waals surface area (Å²) >= 11 is 1.52. The number of thiazole rings is 1. The molecule has 1 aromatic heterocycles. The fourth-order valence-corrected chi connectivity index (χ4v) is 4.48. The van der Waals surface area contributed by atoms with Gasteiger partial charge in [0.25, 0.3) is 5.91 Å². The van der Waals surface area contributed by atoms with Crippen molar-refractivity contribution in [2.45, 2.75) is 13.8 Å². The van der Waals surface area contributed by atoms with Crippen LogP contribution in [-0.2, 0) is 4.74 Å². The molecular weight excluding hydrogens is 425 g/mol. The summed E-state index contributed by atoms with van der Waals surface area (Å²) in [6, 6.07) is 9.84. The van der Waals surface area contributed by atoms with Crippen LogP contribution in [0.2, 0.25) is 0 Å². The van der Waals surface area contributed by atoms with Crippen LogP contribution in [0, 0.1) is 19.7 Å². The number of ether oxygens (including phenoxy) is 1. The molecule has 8 heteroatoms. The molecule has 0 spiro atoms. The third kappa shape index (κ3) is 4.81. The Morgan fingerprint density at radius 3 is 2.57 bits per heavy atom. The number of morpholine rings is 1. The van der Waals surface area contributed by atoms with Gasteiger partial charge in [-0.2, -0.15) is 0 Å². The summed E-state index contributed by atoms with van der Waals surface area (Å²) in [6.07, 6.45) is 0. The van der Waals surface area contributed by atoms with Gasteiger partial charge < -0.3 is 4.74 Å². The largest absolute Gasteiger partial charge is 0.379 e. The summed E-state index contributed by atoms with van der Waals surface area (Å²) in [4.78, 5) is 22.1. The van der Waals surface area contributed by atoms with Crippen molar-refractivity contribution in [3.8, 4) is 0 Å². The topological polar surface area (TPSA) is 45.7 Å². The van der Waals surface area contributed by atoms with Crippen LogP contribution in [0.5, 0.6) is 0 Å². The molecule has 0 radical (unpaired) electrons. The first kappa shape index (κ1) is 22.6. The van der Waals surface area contributed by atoms with E-state index in [2.05, 4.69) is 30.9 Å². The van der Waals surface area contributed by atoms with Crippen LogP contribution in [0.4, 0.5) is 9.52 Å². The number of hydrogen-bond donors (Lipinski definition) is 0. The average molecular weight is 450 g/mol. The van der Waals surface area contributed by atoms with Gasteiger partial charge in [0.15, 0.2) is 5.13 Å². The maximum Gasteiger partial charge on any atom is 0.260 e. The molecular formula is C22H25ClFN3O2S. The van der Waals surface area contributed by atoms with E-state index in [1.54, 1.807) is 4.90 Å². The van der Waals surface area contributed by atoms with Crippen molar-refractivity contribution >= 4 is 45.0 Å². The summed E-state index contributed by atoms with van der Waals surface area (Å²) in [5, 5.41) is 0.677. The third-order valence-electron chi connectivity index (χ3n) is 5.38. The Bertz CT molecular complexity index is 1020. The Balaban J connectivity index is 0.00000256. The summed E-state index contributed by atoms with van der Waals surface area (Å²) in [5.41, 5.74) is 3.71. The van der Waals surface area contributed by atoms with Gasteiger partial charge in [-0.1, -0.05) is 17.4 Å². The highest BCUT2D eigenvalue weighted by Crippen LogP contribution is 2.32. The van der Waals surface area contributed by atoms with Gasteiger partial charge in [-0.05, 0) is 55.3 Å². The molecule has 1 amide bonds. The highest BCUT2D eigenvalue weighted by molar-refractivity contribution is 7.22. The number of halogens is 2. The maximum absolute atomic E-state index is 13.3. The normalized spacial score (nSPS) is 14.5. The lowest BCUT2D eigenvalue weighted by atomic mass is 10.1. The smallest absolute Gasteiger partial charge is 0.260 e. The van der Waals surface area contributed by atoms with Gasteiger partial charge in [0.05, 0.1) is 23.4 Å². The van der Waals surface area contributed by atoms with Gasteiger partial charge in [0.2, 0.25) is 0 Å². The minimum absolute atomic E-state index is 0. The van der Waals surface area contributed by atoms with Gasteiger partial charge in [-0.25, -0.2) is 9.37 Å². The molecule has 0 saturated carbocycles. The number of nitrogens with zero attached hydrogens (tertiary/aromatic N) is 3. The lowest BCUT2D eigenvalue weighted by molar-refractivity contribution is 0.0391. The molecule has 0 aliphatic carbocycles. The van der Waals surface area contributed by atoms with E-state index >= 15 is 0 Å². The second-order valence-corrected chi connectivity index (χ2v) is 8.28. The second kappa shape index (κ2) is 9.83. The molecule has 0 unspecified atom stereocenters. The number of benzene rings is 2. The fourth-order valence-electron chi connectivity index (χ4n) is 3.43. The zero-order valence-electron chi connectivity index (χ0n) is 17.1. The van der Waals surface area contributed by atoms with E-state index in [0.717, 1.165) is 35.4 Å². The molecule has 1 saturated heterocycles. The van der Waals surface area contributed by atoms with Gasteiger partial charge in [0.1, 0.15) is 5.82 Å². The van der Waals surface area contributed by atoms with Crippen molar-refractivity contribution in [1.82, 2.24) is 9.88 Å². The van der Waals surface area contributed by atoms with Crippen molar-refractivity contribution in [3.63, 3.8) is 0 Å². The molecule has 5 nitrogen and oxygen atoms in total. The highest BCUT2D eigenvalue weighted by Gasteiger charge is 2.23. The average Bonchev–Trinajstić information content (AvgIpc) is 3.17. The molecule has 30 heavy (non-hydrogen) atoms. The standard InChI is InChI=1S/C22H24FN3O2S.ClH/c1-15-3-8-19-20(16(15)2)24-22(29-19)26(10-9-25-11-13-28-14-12-25)21(27)17-4-6-18(23)7-5-17;/h3-8H,9-14H2,1-2H3;1H. The van der Waals surface area contributed by atoms with Crippen LogP contribution in [0.3, 0.4) is 0 Å². The maximum atomic E-state index is 13.3. The molecule has 3 aromatic rings. The first-order chi connectivity index (χ1) is 14.0. The summed E-state index contributed by atoms with van der Waals surface area (Å²) in [5.74, 6) is -0.515. The Morgan fingerprint density at radius 2 is 1.87 bits per heavy atom. The van der Waals surface area contributed by atoms with Crippen molar-refractivity contribution in [3.05, 3.63) is 58.9 Å². The molecule has 1 fully saturated rings. The number of fused-ring (bicyclic) bond motifs is 1. The van der Waals surface area contributed by atoms with E-state index in [0.29, 0.717) is 30.5 Å². The molecule has 1 aliphatic heterocycles. The zero-order valence-corrected chi connectivity index (χ0v) is 18.7. The number of aromatic nitrogens is 1. The fraction of sp³-hybridized carbons (Fsp3) is 0.364. The van der Waals surface area contributed by atoms with Crippen LogP contribution < -0.4 is 4.90 Å². The number of carbonyl (C=O) groups is 1. The second-order valence-electron chi connectivity index (χ2n) is 7.27. The molecule has 1 aliphatic rings. The number of carbonyl (C=O) groups excluding carboxylic acids is 1. The first-order valence-corrected chi connectivity index (χ1v) is 10.6. The number of aryl methyl sites for hydroxylation is 2. The van der Waals surface area contributed by atoms with E-state index in [1.165, 1.54) is 41.2 Å². The molecule has 2 aromatic carbocycles. The van der Waals surface area contributed by atoms with Crippen molar-refractivity contribution in [1.29, 1.82) is 0 Å². The summed E-state index contributed by atoms with van der Waals surface area (Å²) < 4.78 is 19.8. The molecule has 0 N–H and O–H groups in total. The first-order valence-electron chi connectivity index (χ1n) is 9.77. The predicted octanol–water partition coefficient (Wildman–Crippen LogP) is 4.45. The molecule has 160 valence electrons. The predicted molar refractivity (Wildman–Crippen MR) is 122 cm³/mol. The number of amides is 1. The molecule has 2 heterocycles. The van der Waals surface area contributed by atoms with Gasteiger partial charge >= 0.3 is 0 Å². The Morgan fingerprint density at radius 1 is 1.17 bits per heavy atom. The lowest BCUT2D eigenvalue weighted by Crippen LogP contribution is -2.43. The minimum atomic E-state index is -0.354. The van der Waals surface area contributed by atoms with E-state index in [-0.39, 0.29) is 24.1 Å². The number of anilines is 1. The monoisotopic (exact) mass is 449 g/mol. The van der Waals surface area contributed by atoms with Crippen LogP contribution in [-0.4, -0.2) is 55.2 Å². The quantitative estimate of drug-likeness (QED) is 0.577. The van der Waals surface area contributed by atoms with E-state index < -0.39 is 0 Å². The Kier molecular flexibility index (Phi) is 7.41. The summed E-state index contributed by atoms with van der Waals surface area (Å²) in [6.45, 7) is 8.53. The van der Waals surface area contributed by atoms with Gasteiger partial charge in [-0.15, -0.1) is 12.4 Å². The van der Waals surface area contributed by atoms with Crippen molar-refractivity contribution in [2.75, 3.05) is 44.3 Å². The zero-order chi connectivity index (χ0) is 20.4. The van der Waals surface area contributed by atoms with Crippen LogP contribution in [0.1, 0.15) is 21.5 Å². The van der Waals surface area contributed by atoms with Crippen LogP contribution in [0.25, 0.3) is 10.2 Å². The van der Waals surface area contributed by atoms with Crippen LogP contribution >= 0.6 is 23.7 Å². The van der Waals surface area contributed by atoms with E-state index in [1.807, 2.05) is 0 Å². The third-order valence-corrected chi connectivity index (χ3v) is 6.43. The minimum Gasteiger partial charge on any atom is -0.379 e. The molecule has 0 atom stereocenters. The van der Waals surface area contributed by atoms with E-state index in [4.69, 9.17) is 9.72 Å². The van der Waals surface area contributed by atoms with Crippen molar-refractivity contribution in [2.24, 2.45) is 0 Å².